The number of ether oxygens (including phenoxy) is 1. The van der Waals surface area contributed by atoms with E-state index in [-0.39, 0.29) is 19.4 Å². The van der Waals surface area contributed by atoms with E-state index in [1.807, 2.05) is 30.3 Å². The summed E-state index contributed by atoms with van der Waals surface area (Å²) in [6.45, 7) is 1.49. The molecule has 2 atom stereocenters. The SMILES string of the molecule is C[C@@H](F)C(CCC(=O)OCc1ccccc1)N=[N+]=[N-]. The summed E-state index contributed by atoms with van der Waals surface area (Å²) in [5, 5.41) is 3.31. The van der Waals surface area contributed by atoms with Gasteiger partial charge < -0.3 is 4.74 Å². The zero-order valence-corrected chi connectivity index (χ0v) is 10.7. The Morgan fingerprint density at radius 2 is 2.16 bits per heavy atom. The van der Waals surface area contributed by atoms with E-state index in [0.29, 0.717) is 0 Å². The number of nitrogens with zero attached hydrogens (tertiary/aromatic N) is 3. The van der Waals surface area contributed by atoms with Crippen LogP contribution in [-0.2, 0) is 16.1 Å². The van der Waals surface area contributed by atoms with Crippen LogP contribution in [0.2, 0.25) is 0 Å². The molecule has 1 aromatic carbocycles. The zero-order chi connectivity index (χ0) is 14.1. The van der Waals surface area contributed by atoms with Crippen molar-refractivity contribution in [1.29, 1.82) is 0 Å². The van der Waals surface area contributed by atoms with Crippen molar-refractivity contribution in [2.45, 2.75) is 38.6 Å². The van der Waals surface area contributed by atoms with Crippen LogP contribution in [0.3, 0.4) is 0 Å². The Morgan fingerprint density at radius 3 is 2.74 bits per heavy atom. The van der Waals surface area contributed by atoms with Crippen LogP contribution < -0.4 is 0 Å². The van der Waals surface area contributed by atoms with Crippen LogP contribution in [0.4, 0.5) is 4.39 Å². The number of carbonyl (C=O) groups excluding carboxylic acids is 1. The van der Waals surface area contributed by atoms with E-state index in [9.17, 15) is 9.18 Å². The van der Waals surface area contributed by atoms with Gasteiger partial charge in [0.05, 0.1) is 6.04 Å². The Hall–Kier alpha value is -2.07. The Labute approximate surface area is 111 Å². The van der Waals surface area contributed by atoms with Gasteiger partial charge in [0.15, 0.2) is 0 Å². The number of esters is 1. The first-order chi connectivity index (χ1) is 9.13. The van der Waals surface area contributed by atoms with Crippen molar-refractivity contribution in [1.82, 2.24) is 0 Å². The van der Waals surface area contributed by atoms with Crippen molar-refractivity contribution in [3.63, 3.8) is 0 Å². The largest absolute Gasteiger partial charge is 0.461 e. The van der Waals surface area contributed by atoms with Gasteiger partial charge in [-0.25, -0.2) is 4.39 Å². The molecule has 1 aromatic rings. The molecule has 5 nitrogen and oxygen atoms in total. The fraction of sp³-hybridized carbons (Fsp3) is 0.462. The van der Waals surface area contributed by atoms with E-state index in [1.54, 1.807) is 0 Å². The molecule has 1 unspecified atom stereocenters. The molecule has 0 saturated carbocycles. The lowest BCUT2D eigenvalue weighted by Crippen LogP contribution is -2.18. The molecule has 0 aliphatic carbocycles. The lowest BCUT2D eigenvalue weighted by atomic mass is 10.1. The molecule has 0 N–H and O–H groups in total. The highest BCUT2D eigenvalue weighted by molar-refractivity contribution is 5.69. The molecule has 0 aromatic heterocycles. The van der Waals surface area contributed by atoms with Crippen LogP contribution in [0.15, 0.2) is 35.4 Å². The highest BCUT2D eigenvalue weighted by Gasteiger charge is 2.16. The van der Waals surface area contributed by atoms with Gasteiger partial charge in [0.25, 0.3) is 0 Å². The smallest absolute Gasteiger partial charge is 0.306 e. The highest BCUT2D eigenvalue weighted by Crippen LogP contribution is 2.12. The number of azide groups is 1. The molecule has 0 heterocycles. The fourth-order valence-corrected chi connectivity index (χ4v) is 1.52. The number of alkyl halides is 1. The third-order valence-corrected chi connectivity index (χ3v) is 2.62. The van der Waals surface area contributed by atoms with Crippen molar-refractivity contribution in [3.05, 3.63) is 46.3 Å². The number of rotatable bonds is 7. The maximum atomic E-state index is 13.0. The van der Waals surface area contributed by atoms with Crippen molar-refractivity contribution in [2.75, 3.05) is 0 Å². The summed E-state index contributed by atoms with van der Waals surface area (Å²) in [5.41, 5.74) is 9.17. The summed E-state index contributed by atoms with van der Waals surface area (Å²) >= 11 is 0. The molecule has 0 fully saturated rings. The Balaban J connectivity index is 2.33. The van der Waals surface area contributed by atoms with Gasteiger partial charge in [0, 0.05) is 11.3 Å². The molecule has 0 radical (unpaired) electrons. The molecule has 0 spiro atoms. The van der Waals surface area contributed by atoms with E-state index in [2.05, 4.69) is 10.0 Å². The molecule has 0 aliphatic heterocycles. The molecule has 0 amide bonds. The van der Waals surface area contributed by atoms with Crippen LogP contribution in [0.5, 0.6) is 0 Å². The first kappa shape index (κ1) is 15.0. The number of benzene rings is 1. The minimum absolute atomic E-state index is 0.0325. The molecule has 19 heavy (non-hydrogen) atoms. The van der Waals surface area contributed by atoms with Gasteiger partial charge in [-0.1, -0.05) is 35.4 Å². The number of carbonyl (C=O) groups is 1. The first-order valence-electron chi connectivity index (χ1n) is 6.01. The number of hydrogen-bond donors (Lipinski definition) is 0. The molecular formula is C13H16FN3O2. The van der Waals surface area contributed by atoms with Crippen molar-refractivity contribution >= 4 is 5.97 Å². The fourth-order valence-electron chi connectivity index (χ4n) is 1.52. The summed E-state index contributed by atoms with van der Waals surface area (Å²) in [4.78, 5) is 14.0. The predicted molar refractivity (Wildman–Crippen MR) is 69.0 cm³/mol. The number of halogens is 1. The van der Waals surface area contributed by atoms with Gasteiger partial charge in [0.1, 0.15) is 12.8 Å². The van der Waals surface area contributed by atoms with Gasteiger partial charge in [-0.15, -0.1) is 0 Å². The van der Waals surface area contributed by atoms with Crippen LogP contribution in [0, 0.1) is 0 Å². The van der Waals surface area contributed by atoms with Gasteiger partial charge in [-0.05, 0) is 24.4 Å². The first-order valence-corrected chi connectivity index (χ1v) is 6.01. The lowest BCUT2D eigenvalue weighted by molar-refractivity contribution is -0.145. The van der Waals surface area contributed by atoms with E-state index >= 15 is 0 Å². The molecule has 0 saturated heterocycles. The topological polar surface area (TPSA) is 75.1 Å². The van der Waals surface area contributed by atoms with Crippen LogP contribution in [0.1, 0.15) is 25.3 Å². The second-order valence-corrected chi connectivity index (χ2v) is 4.13. The standard InChI is InChI=1S/C13H16FN3O2/c1-10(14)12(16-17-15)7-8-13(18)19-9-11-5-3-2-4-6-11/h2-6,10,12H,7-9H2,1H3/t10-,12?/m1/s1. The Morgan fingerprint density at radius 1 is 1.47 bits per heavy atom. The van der Waals surface area contributed by atoms with Crippen molar-refractivity contribution in [3.8, 4) is 0 Å². The normalized spacial score (nSPS) is 13.2. The maximum Gasteiger partial charge on any atom is 0.306 e. The summed E-state index contributed by atoms with van der Waals surface area (Å²) in [6, 6.07) is 8.45. The number of hydrogen-bond acceptors (Lipinski definition) is 3. The van der Waals surface area contributed by atoms with Gasteiger partial charge >= 0.3 is 5.97 Å². The van der Waals surface area contributed by atoms with Crippen LogP contribution >= 0.6 is 0 Å². The highest BCUT2D eigenvalue weighted by atomic mass is 19.1. The average molecular weight is 265 g/mol. The molecule has 6 heteroatoms. The Kier molecular flexibility index (Phi) is 6.39. The van der Waals surface area contributed by atoms with E-state index in [0.717, 1.165) is 5.56 Å². The van der Waals surface area contributed by atoms with Gasteiger partial charge in [0.2, 0.25) is 0 Å². The third-order valence-electron chi connectivity index (χ3n) is 2.62. The predicted octanol–water partition coefficient (Wildman–Crippen LogP) is 3.55. The maximum absolute atomic E-state index is 13.0. The summed E-state index contributed by atoms with van der Waals surface area (Å²) in [5.74, 6) is -0.428. The summed E-state index contributed by atoms with van der Waals surface area (Å²) in [7, 11) is 0. The minimum Gasteiger partial charge on any atom is -0.461 e. The van der Waals surface area contributed by atoms with E-state index < -0.39 is 18.2 Å². The van der Waals surface area contributed by atoms with Crippen LogP contribution in [-0.4, -0.2) is 18.2 Å². The second-order valence-electron chi connectivity index (χ2n) is 4.13. The quantitative estimate of drug-likeness (QED) is 0.327. The van der Waals surface area contributed by atoms with Gasteiger partial charge in [-0.2, -0.15) is 0 Å². The Bertz CT molecular complexity index is 444. The molecule has 0 bridgehead atoms. The average Bonchev–Trinajstić information content (AvgIpc) is 2.42. The van der Waals surface area contributed by atoms with Crippen LogP contribution in [0.25, 0.3) is 10.4 Å². The molecular weight excluding hydrogens is 249 g/mol. The van der Waals surface area contributed by atoms with Crippen molar-refractivity contribution < 1.29 is 13.9 Å². The van der Waals surface area contributed by atoms with E-state index in [4.69, 9.17) is 10.3 Å². The second kappa shape index (κ2) is 8.11. The van der Waals surface area contributed by atoms with E-state index in [1.165, 1.54) is 6.92 Å². The zero-order valence-electron chi connectivity index (χ0n) is 10.7. The molecule has 0 aliphatic rings. The summed E-state index contributed by atoms with van der Waals surface area (Å²) < 4.78 is 18.1. The lowest BCUT2D eigenvalue weighted by Gasteiger charge is -2.11. The summed E-state index contributed by atoms with van der Waals surface area (Å²) in [6.07, 6.45) is -1.10. The van der Waals surface area contributed by atoms with Crippen molar-refractivity contribution in [2.24, 2.45) is 5.11 Å². The molecule has 1 rings (SSSR count). The third kappa shape index (κ3) is 5.88. The molecule has 102 valence electrons. The van der Waals surface area contributed by atoms with Gasteiger partial charge in [-0.3, -0.25) is 4.79 Å². The monoisotopic (exact) mass is 265 g/mol. The minimum atomic E-state index is -1.28.